The zero-order valence-electron chi connectivity index (χ0n) is 15.2. The lowest BCUT2D eigenvalue weighted by atomic mass is 10.2. The van der Waals surface area contributed by atoms with E-state index >= 15 is 0 Å². The van der Waals surface area contributed by atoms with E-state index in [-0.39, 0.29) is 5.91 Å². The number of amides is 1. The van der Waals surface area contributed by atoms with Gasteiger partial charge in [-0.2, -0.15) is 11.3 Å². The largest absolute Gasteiger partial charge is 0.441 e. The lowest BCUT2D eigenvalue weighted by Gasteiger charge is -2.34. The second-order valence-corrected chi connectivity index (χ2v) is 7.55. The molecule has 5 nitrogen and oxygen atoms in total. The number of carbonyl (C=O) groups is 1. The summed E-state index contributed by atoms with van der Waals surface area (Å²) in [5.74, 6) is 1.56. The van der Waals surface area contributed by atoms with Gasteiger partial charge < -0.3 is 9.32 Å². The molecule has 140 valence electrons. The van der Waals surface area contributed by atoms with E-state index in [2.05, 4.69) is 26.7 Å². The lowest BCUT2D eigenvalue weighted by Crippen LogP contribution is -2.48. The number of benzene rings is 1. The highest BCUT2D eigenvalue weighted by Gasteiger charge is 2.21. The minimum atomic E-state index is 0.185. The molecule has 0 atom stereocenters. The highest BCUT2D eigenvalue weighted by molar-refractivity contribution is 7.07. The molecule has 1 aliphatic heterocycles. The summed E-state index contributed by atoms with van der Waals surface area (Å²) in [4.78, 5) is 21.2. The first kappa shape index (κ1) is 17.9. The average molecular weight is 382 g/mol. The third-order valence-electron chi connectivity index (χ3n) is 4.88. The van der Waals surface area contributed by atoms with Gasteiger partial charge in [0, 0.05) is 51.1 Å². The van der Waals surface area contributed by atoms with Gasteiger partial charge >= 0.3 is 0 Å². The second-order valence-electron chi connectivity index (χ2n) is 6.77. The number of aromatic nitrogens is 1. The van der Waals surface area contributed by atoms with Crippen molar-refractivity contribution in [2.24, 2.45) is 0 Å². The normalized spacial score (nSPS) is 15.2. The molecule has 1 amide bonds. The van der Waals surface area contributed by atoms with Crippen molar-refractivity contribution < 1.29 is 9.21 Å². The van der Waals surface area contributed by atoms with Crippen LogP contribution in [0.4, 0.5) is 0 Å². The molecule has 0 bridgehead atoms. The lowest BCUT2D eigenvalue weighted by molar-refractivity contribution is -0.133. The number of nitrogens with zero attached hydrogens (tertiary/aromatic N) is 3. The van der Waals surface area contributed by atoms with Crippen LogP contribution < -0.4 is 0 Å². The zero-order chi connectivity index (χ0) is 18.5. The van der Waals surface area contributed by atoms with Gasteiger partial charge in [-0.25, -0.2) is 4.98 Å². The average Bonchev–Trinajstić information content (AvgIpc) is 3.39. The van der Waals surface area contributed by atoms with Gasteiger partial charge in [0.2, 0.25) is 5.91 Å². The molecule has 2 aromatic heterocycles. The Bertz CT molecular complexity index is 853. The summed E-state index contributed by atoms with van der Waals surface area (Å²) >= 11 is 1.73. The van der Waals surface area contributed by atoms with Crippen molar-refractivity contribution in [3.8, 4) is 11.3 Å². The van der Waals surface area contributed by atoms with Crippen molar-refractivity contribution >= 4 is 17.2 Å². The number of oxazole rings is 1. The molecule has 0 radical (unpaired) electrons. The van der Waals surface area contributed by atoms with Gasteiger partial charge in [0.25, 0.3) is 0 Å². The zero-order valence-corrected chi connectivity index (χ0v) is 16.0. The Balaban J connectivity index is 1.24. The van der Waals surface area contributed by atoms with Gasteiger partial charge in [0.1, 0.15) is 0 Å². The molecule has 3 aromatic rings. The molecular formula is C21H23N3O2S. The third-order valence-corrected chi connectivity index (χ3v) is 5.61. The molecule has 4 rings (SSSR count). The van der Waals surface area contributed by atoms with Gasteiger partial charge in [-0.3, -0.25) is 9.69 Å². The molecule has 0 saturated carbocycles. The minimum absolute atomic E-state index is 0.185. The summed E-state index contributed by atoms with van der Waals surface area (Å²) in [7, 11) is 0. The van der Waals surface area contributed by atoms with E-state index in [9.17, 15) is 4.79 Å². The number of piperazine rings is 1. The molecule has 3 heterocycles. The predicted octanol–water partition coefficient (Wildman–Crippen LogP) is 3.68. The fraction of sp³-hybridized carbons (Fsp3) is 0.333. The Hall–Kier alpha value is -2.44. The van der Waals surface area contributed by atoms with Crippen molar-refractivity contribution in [3.63, 3.8) is 0 Å². The summed E-state index contributed by atoms with van der Waals surface area (Å²) in [6.07, 6.45) is 2.72. The summed E-state index contributed by atoms with van der Waals surface area (Å²) in [6, 6.07) is 12.1. The first-order valence-electron chi connectivity index (χ1n) is 9.29. The van der Waals surface area contributed by atoms with E-state index in [0.29, 0.717) is 18.7 Å². The van der Waals surface area contributed by atoms with Crippen LogP contribution in [0.5, 0.6) is 0 Å². The summed E-state index contributed by atoms with van der Waals surface area (Å²) in [6.45, 7) is 4.43. The summed E-state index contributed by atoms with van der Waals surface area (Å²) in [5, 5.41) is 4.30. The van der Waals surface area contributed by atoms with E-state index in [1.54, 1.807) is 17.5 Å². The van der Waals surface area contributed by atoms with Crippen molar-refractivity contribution in [2.75, 3.05) is 26.2 Å². The Labute approximate surface area is 163 Å². The van der Waals surface area contributed by atoms with Crippen LogP contribution in [0.3, 0.4) is 0 Å². The van der Waals surface area contributed by atoms with E-state index in [4.69, 9.17) is 4.42 Å². The van der Waals surface area contributed by atoms with Crippen molar-refractivity contribution in [3.05, 3.63) is 64.8 Å². The van der Waals surface area contributed by atoms with Crippen molar-refractivity contribution in [1.82, 2.24) is 14.8 Å². The smallest absolute Gasteiger partial charge is 0.223 e. The Morgan fingerprint density at radius 2 is 1.93 bits per heavy atom. The first-order chi connectivity index (χ1) is 13.3. The second kappa shape index (κ2) is 8.50. The van der Waals surface area contributed by atoms with E-state index in [0.717, 1.165) is 44.0 Å². The SMILES string of the molecule is O=C(CCc1ncc(-c2ccccc2)o1)N1CCN(Cc2ccsc2)CC1. The molecule has 0 unspecified atom stereocenters. The fourth-order valence-electron chi connectivity index (χ4n) is 3.33. The number of hydrogen-bond acceptors (Lipinski definition) is 5. The molecule has 1 aliphatic rings. The molecule has 1 fully saturated rings. The molecule has 0 spiro atoms. The first-order valence-corrected chi connectivity index (χ1v) is 10.2. The highest BCUT2D eigenvalue weighted by Crippen LogP contribution is 2.20. The molecular weight excluding hydrogens is 358 g/mol. The highest BCUT2D eigenvalue weighted by atomic mass is 32.1. The van der Waals surface area contributed by atoms with E-state index < -0.39 is 0 Å². The molecule has 0 aliphatic carbocycles. The maximum absolute atomic E-state index is 12.5. The molecule has 27 heavy (non-hydrogen) atoms. The number of aryl methyl sites for hydroxylation is 1. The van der Waals surface area contributed by atoms with Gasteiger partial charge in [-0.15, -0.1) is 0 Å². The predicted molar refractivity (Wildman–Crippen MR) is 106 cm³/mol. The van der Waals surface area contributed by atoms with Crippen LogP contribution in [-0.2, 0) is 17.8 Å². The van der Waals surface area contributed by atoms with Crippen LogP contribution in [0.2, 0.25) is 0 Å². The Morgan fingerprint density at radius 3 is 2.67 bits per heavy atom. The number of hydrogen-bond donors (Lipinski definition) is 0. The number of rotatable bonds is 6. The van der Waals surface area contributed by atoms with Gasteiger partial charge in [-0.05, 0) is 22.4 Å². The molecule has 1 saturated heterocycles. The minimum Gasteiger partial charge on any atom is -0.441 e. The van der Waals surface area contributed by atoms with Crippen LogP contribution in [0.1, 0.15) is 17.9 Å². The van der Waals surface area contributed by atoms with Crippen molar-refractivity contribution in [2.45, 2.75) is 19.4 Å². The monoisotopic (exact) mass is 381 g/mol. The fourth-order valence-corrected chi connectivity index (χ4v) is 3.99. The number of thiophene rings is 1. The van der Waals surface area contributed by atoms with Gasteiger partial charge in [0.15, 0.2) is 11.7 Å². The maximum Gasteiger partial charge on any atom is 0.223 e. The quantitative estimate of drug-likeness (QED) is 0.654. The number of carbonyl (C=O) groups excluding carboxylic acids is 1. The standard InChI is InChI=1S/C21H23N3O2S/c25-21(24-11-9-23(10-12-24)15-17-8-13-27-16-17)7-6-20-22-14-19(26-20)18-4-2-1-3-5-18/h1-5,8,13-14,16H,6-7,9-12,15H2. The molecule has 1 aromatic carbocycles. The molecule has 0 N–H and O–H groups in total. The molecule has 6 heteroatoms. The summed E-state index contributed by atoms with van der Waals surface area (Å²) in [5.41, 5.74) is 2.36. The van der Waals surface area contributed by atoms with Gasteiger partial charge in [0.05, 0.1) is 6.20 Å². The van der Waals surface area contributed by atoms with Crippen LogP contribution in [0, 0.1) is 0 Å². The Morgan fingerprint density at radius 1 is 1.11 bits per heavy atom. The van der Waals surface area contributed by atoms with Crippen molar-refractivity contribution in [1.29, 1.82) is 0 Å². The summed E-state index contributed by atoms with van der Waals surface area (Å²) < 4.78 is 5.79. The van der Waals surface area contributed by atoms with Crippen LogP contribution in [0.15, 0.2) is 57.8 Å². The third kappa shape index (κ3) is 4.64. The van der Waals surface area contributed by atoms with Crippen LogP contribution in [0.25, 0.3) is 11.3 Å². The van der Waals surface area contributed by atoms with Crippen LogP contribution in [-0.4, -0.2) is 46.9 Å². The Kier molecular flexibility index (Phi) is 5.65. The van der Waals surface area contributed by atoms with E-state index in [1.807, 2.05) is 35.2 Å². The maximum atomic E-state index is 12.5. The topological polar surface area (TPSA) is 49.6 Å². The van der Waals surface area contributed by atoms with Crippen LogP contribution >= 0.6 is 11.3 Å². The van der Waals surface area contributed by atoms with E-state index in [1.165, 1.54) is 5.56 Å². The van der Waals surface area contributed by atoms with Gasteiger partial charge in [-0.1, -0.05) is 30.3 Å².